The molecule has 1 aliphatic rings. The van der Waals surface area contributed by atoms with Gasteiger partial charge in [0.2, 0.25) is 5.91 Å². The van der Waals surface area contributed by atoms with Crippen LogP contribution in [0.3, 0.4) is 0 Å². The largest absolute Gasteiger partial charge is 0.480 e. The summed E-state index contributed by atoms with van der Waals surface area (Å²) in [4.78, 5) is 24.1. The van der Waals surface area contributed by atoms with Crippen molar-refractivity contribution in [3.63, 3.8) is 0 Å². The van der Waals surface area contributed by atoms with Crippen molar-refractivity contribution in [3.05, 3.63) is 0 Å². The fraction of sp³-hybridized carbons (Fsp3) is 0.778. The number of hydrogen-bond donors (Lipinski definition) is 2. The molecule has 86 valence electrons. The van der Waals surface area contributed by atoms with E-state index >= 15 is 0 Å². The molecule has 1 rings (SSSR count). The Morgan fingerprint density at radius 1 is 1.73 bits per heavy atom. The number of carboxylic acid groups (broad SMARTS) is 1. The number of halogens is 1. The SMILES string of the molecule is CC(C)(S)[C@@H](C(=O)O)N1CC(Br)CC1=O. The maximum Gasteiger partial charge on any atom is 0.327 e. The number of carbonyl (C=O) groups excluding carboxylic acids is 1. The van der Waals surface area contributed by atoms with Crippen LogP contribution >= 0.6 is 28.6 Å². The van der Waals surface area contributed by atoms with E-state index in [2.05, 4.69) is 28.6 Å². The lowest BCUT2D eigenvalue weighted by Gasteiger charge is -2.33. The van der Waals surface area contributed by atoms with Gasteiger partial charge in [0.25, 0.3) is 0 Å². The number of hydrogen-bond acceptors (Lipinski definition) is 3. The second kappa shape index (κ2) is 4.33. The van der Waals surface area contributed by atoms with E-state index < -0.39 is 16.8 Å². The Balaban J connectivity index is 2.91. The number of alkyl halides is 1. The fourth-order valence-corrected chi connectivity index (χ4v) is 2.59. The van der Waals surface area contributed by atoms with E-state index in [-0.39, 0.29) is 10.7 Å². The topological polar surface area (TPSA) is 57.6 Å². The van der Waals surface area contributed by atoms with Gasteiger partial charge in [-0.3, -0.25) is 4.79 Å². The molecule has 1 amide bonds. The van der Waals surface area contributed by atoms with Crippen LogP contribution in [0.2, 0.25) is 0 Å². The van der Waals surface area contributed by atoms with E-state index in [0.29, 0.717) is 13.0 Å². The van der Waals surface area contributed by atoms with Gasteiger partial charge in [0.1, 0.15) is 6.04 Å². The molecule has 4 nitrogen and oxygen atoms in total. The van der Waals surface area contributed by atoms with E-state index in [1.54, 1.807) is 13.8 Å². The highest BCUT2D eigenvalue weighted by Crippen LogP contribution is 2.28. The molecule has 1 saturated heterocycles. The van der Waals surface area contributed by atoms with Crippen molar-refractivity contribution in [3.8, 4) is 0 Å². The average Bonchev–Trinajstić information content (AvgIpc) is 2.26. The highest BCUT2D eigenvalue weighted by molar-refractivity contribution is 9.09. The summed E-state index contributed by atoms with van der Waals surface area (Å²) in [6.45, 7) is 3.83. The van der Waals surface area contributed by atoms with Crippen molar-refractivity contribution in [2.24, 2.45) is 0 Å². The van der Waals surface area contributed by atoms with Gasteiger partial charge in [0.05, 0.1) is 0 Å². The normalized spacial score (nSPS) is 24.4. The number of likely N-dealkylation sites (tertiary alicyclic amines) is 1. The molecule has 2 atom stereocenters. The molecule has 0 aromatic rings. The zero-order valence-corrected chi connectivity index (χ0v) is 11.1. The third-order valence-electron chi connectivity index (χ3n) is 2.33. The Kier molecular flexibility index (Phi) is 3.71. The molecule has 1 heterocycles. The van der Waals surface area contributed by atoms with Crippen LogP contribution in [0.5, 0.6) is 0 Å². The van der Waals surface area contributed by atoms with Crippen LogP contribution in [0, 0.1) is 0 Å². The number of thiol groups is 1. The van der Waals surface area contributed by atoms with Crippen LogP contribution in [0.4, 0.5) is 0 Å². The molecule has 1 aliphatic heterocycles. The average molecular weight is 296 g/mol. The first-order valence-electron chi connectivity index (χ1n) is 4.62. The first-order chi connectivity index (χ1) is 6.73. The summed E-state index contributed by atoms with van der Waals surface area (Å²) in [7, 11) is 0. The number of carbonyl (C=O) groups is 2. The molecule has 0 aliphatic carbocycles. The molecular formula is C9H14BrNO3S. The molecule has 1 N–H and O–H groups in total. The second-order valence-corrected chi connectivity index (χ2v) is 6.69. The quantitative estimate of drug-likeness (QED) is 0.606. The van der Waals surface area contributed by atoms with Crippen molar-refractivity contribution >= 4 is 40.4 Å². The summed E-state index contributed by atoms with van der Waals surface area (Å²) < 4.78 is -0.751. The highest BCUT2D eigenvalue weighted by Gasteiger charge is 2.43. The smallest absolute Gasteiger partial charge is 0.327 e. The third kappa shape index (κ3) is 2.87. The van der Waals surface area contributed by atoms with Crippen LogP contribution in [0.25, 0.3) is 0 Å². The Hall–Kier alpha value is -0.230. The first kappa shape index (κ1) is 12.8. The van der Waals surface area contributed by atoms with Gasteiger partial charge >= 0.3 is 5.97 Å². The molecule has 0 bridgehead atoms. The Morgan fingerprint density at radius 3 is 2.53 bits per heavy atom. The summed E-state index contributed by atoms with van der Waals surface area (Å²) in [5.41, 5.74) is 0. The maximum absolute atomic E-state index is 11.6. The molecule has 0 radical (unpaired) electrons. The minimum Gasteiger partial charge on any atom is -0.480 e. The molecule has 1 fully saturated rings. The van der Waals surface area contributed by atoms with Crippen molar-refractivity contribution in [1.82, 2.24) is 4.90 Å². The number of nitrogens with zero attached hydrogens (tertiary/aromatic N) is 1. The molecule has 0 saturated carbocycles. The molecule has 0 aromatic carbocycles. The zero-order valence-electron chi connectivity index (χ0n) is 8.61. The number of carboxylic acids is 1. The summed E-state index contributed by atoms with van der Waals surface area (Å²) in [5.74, 6) is -1.14. The lowest BCUT2D eigenvalue weighted by atomic mass is 10.0. The van der Waals surface area contributed by atoms with Crippen LogP contribution in [0.1, 0.15) is 20.3 Å². The molecule has 0 spiro atoms. The van der Waals surface area contributed by atoms with Gasteiger partial charge in [0.15, 0.2) is 0 Å². The van der Waals surface area contributed by atoms with Crippen LogP contribution < -0.4 is 0 Å². The van der Waals surface area contributed by atoms with Crippen molar-refractivity contribution in [1.29, 1.82) is 0 Å². The number of rotatable bonds is 3. The maximum atomic E-state index is 11.6. The highest BCUT2D eigenvalue weighted by atomic mass is 79.9. The van der Waals surface area contributed by atoms with Gasteiger partial charge in [-0.2, -0.15) is 12.6 Å². The summed E-state index contributed by atoms with van der Waals surface area (Å²) in [6.07, 6.45) is 0.355. The summed E-state index contributed by atoms with van der Waals surface area (Å²) in [5, 5.41) is 9.12. The van der Waals surface area contributed by atoms with Crippen LogP contribution in [-0.2, 0) is 9.59 Å². The minimum atomic E-state index is -1.01. The lowest BCUT2D eigenvalue weighted by Crippen LogP contribution is -2.52. The molecule has 1 unspecified atom stereocenters. The predicted molar refractivity (Wildman–Crippen MR) is 63.5 cm³/mol. The molecule has 6 heteroatoms. The van der Waals surface area contributed by atoms with Gasteiger partial charge in [0, 0.05) is 22.5 Å². The van der Waals surface area contributed by atoms with Crippen LogP contribution in [0.15, 0.2) is 0 Å². The van der Waals surface area contributed by atoms with Crippen molar-refractivity contribution in [2.75, 3.05) is 6.54 Å². The molecular weight excluding hydrogens is 282 g/mol. The standard InChI is InChI=1S/C9H14BrNO3S/c1-9(2,15)7(8(13)14)11-4-5(10)3-6(11)12/h5,7,15H,3-4H2,1-2H3,(H,13,14)/t5?,7-/m1/s1. The van der Waals surface area contributed by atoms with Gasteiger partial charge in [-0.05, 0) is 13.8 Å². The van der Waals surface area contributed by atoms with Gasteiger partial charge < -0.3 is 10.0 Å². The Labute approximate surface area is 103 Å². The monoisotopic (exact) mass is 295 g/mol. The van der Waals surface area contributed by atoms with Crippen molar-refractivity contribution in [2.45, 2.75) is 35.9 Å². The predicted octanol–water partition coefficient (Wildman–Crippen LogP) is 1.14. The van der Waals surface area contributed by atoms with Gasteiger partial charge in [-0.15, -0.1) is 0 Å². The molecule has 0 aromatic heterocycles. The van der Waals surface area contributed by atoms with E-state index in [1.807, 2.05) is 0 Å². The number of amides is 1. The first-order valence-corrected chi connectivity index (χ1v) is 5.98. The second-order valence-electron chi connectivity index (χ2n) is 4.24. The fourth-order valence-electron chi connectivity index (χ4n) is 1.75. The van der Waals surface area contributed by atoms with E-state index in [4.69, 9.17) is 5.11 Å². The summed E-state index contributed by atoms with van der Waals surface area (Å²) in [6, 6.07) is -0.879. The van der Waals surface area contributed by atoms with Crippen molar-refractivity contribution < 1.29 is 14.7 Å². The van der Waals surface area contributed by atoms with E-state index in [0.717, 1.165) is 0 Å². The zero-order chi connectivity index (χ0) is 11.8. The summed E-state index contributed by atoms with van der Waals surface area (Å²) >= 11 is 7.57. The third-order valence-corrected chi connectivity index (χ3v) is 3.18. The van der Waals surface area contributed by atoms with E-state index in [9.17, 15) is 9.59 Å². The van der Waals surface area contributed by atoms with Gasteiger partial charge in [-0.25, -0.2) is 4.79 Å². The molecule has 15 heavy (non-hydrogen) atoms. The lowest BCUT2D eigenvalue weighted by molar-refractivity contribution is -0.149. The van der Waals surface area contributed by atoms with E-state index in [1.165, 1.54) is 4.90 Å². The minimum absolute atomic E-state index is 0.0440. The Morgan fingerprint density at radius 2 is 2.27 bits per heavy atom. The van der Waals surface area contributed by atoms with Gasteiger partial charge in [-0.1, -0.05) is 15.9 Å². The Bertz CT molecular complexity index is 290. The number of aliphatic carboxylic acids is 1. The van der Waals surface area contributed by atoms with Crippen LogP contribution in [-0.4, -0.2) is 44.0 Å².